The van der Waals surface area contributed by atoms with Gasteiger partial charge in [-0.25, -0.2) is 4.90 Å². The summed E-state index contributed by atoms with van der Waals surface area (Å²) in [6.45, 7) is 4.08. The molecular weight excluding hydrogens is 472 g/mol. The molecule has 4 nitrogen and oxygen atoms in total. The summed E-state index contributed by atoms with van der Waals surface area (Å²) in [6, 6.07) is 22.9. The van der Waals surface area contributed by atoms with Crippen LogP contribution in [-0.2, 0) is 16.0 Å². The van der Waals surface area contributed by atoms with Crippen LogP contribution in [0.1, 0.15) is 18.1 Å². The number of rotatable bonds is 6. The first-order valence-electron chi connectivity index (χ1n) is 9.95. The number of anilines is 2. The van der Waals surface area contributed by atoms with Crippen LogP contribution in [0.25, 0.3) is 0 Å². The molecule has 0 aliphatic carbocycles. The molecule has 0 radical (unpaired) electrons. The Kier molecular flexibility index (Phi) is 6.30. The molecule has 1 N–H and O–H groups in total. The van der Waals surface area contributed by atoms with E-state index in [1.54, 1.807) is 0 Å². The number of hydrogen-bond donors (Lipinski definition) is 1. The highest BCUT2D eigenvalue weighted by Gasteiger charge is 2.40. The zero-order chi connectivity index (χ0) is 22.0. The Morgan fingerprint density at radius 1 is 0.871 bits per heavy atom. The molecule has 0 unspecified atom stereocenters. The van der Waals surface area contributed by atoms with Crippen molar-refractivity contribution in [2.45, 2.75) is 25.2 Å². The Hall–Kier alpha value is -2.83. The van der Waals surface area contributed by atoms with E-state index in [2.05, 4.69) is 28.2 Å². The van der Waals surface area contributed by atoms with Gasteiger partial charge in [-0.3, -0.25) is 9.59 Å². The van der Waals surface area contributed by atoms with Crippen LogP contribution >= 0.6 is 27.7 Å². The smallest absolute Gasteiger partial charge is 0.283 e. The van der Waals surface area contributed by atoms with E-state index < -0.39 is 0 Å². The molecule has 0 spiro atoms. The molecular formula is C25H21BrN2O2S. The topological polar surface area (TPSA) is 49.4 Å². The molecule has 2 amide bonds. The van der Waals surface area contributed by atoms with Crippen LogP contribution in [0.4, 0.5) is 11.4 Å². The third-order valence-corrected chi connectivity index (χ3v) is 6.62. The highest BCUT2D eigenvalue weighted by Crippen LogP contribution is 2.38. The largest absolute Gasteiger partial charge is 0.350 e. The van der Waals surface area contributed by atoms with Crippen molar-refractivity contribution in [1.82, 2.24) is 0 Å². The van der Waals surface area contributed by atoms with Gasteiger partial charge in [0.05, 0.1) is 5.69 Å². The van der Waals surface area contributed by atoms with Gasteiger partial charge in [0.25, 0.3) is 11.8 Å². The molecule has 3 aromatic rings. The summed E-state index contributed by atoms with van der Waals surface area (Å²) in [7, 11) is 0. The zero-order valence-electron chi connectivity index (χ0n) is 17.2. The number of carbonyl (C=O) groups is 2. The average molecular weight is 493 g/mol. The zero-order valence-corrected chi connectivity index (χ0v) is 19.6. The van der Waals surface area contributed by atoms with Gasteiger partial charge in [-0.15, -0.1) is 0 Å². The molecule has 3 aromatic carbocycles. The average Bonchev–Trinajstić information content (AvgIpc) is 3.01. The van der Waals surface area contributed by atoms with Gasteiger partial charge in [0.15, 0.2) is 0 Å². The van der Waals surface area contributed by atoms with E-state index in [0.29, 0.717) is 10.6 Å². The summed E-state index contributed by atoms with van der Waals surface area (Å²) in [6.07, 6.45) is 0.894. The minimum Gasteiger partial charge on any atom is -0.350 e. The van der Waals surface area contributed by atoms with Crippen molar-refractivity contribution in [2.75, 3.05) is 10.2 Å². The number of halogens is 1. The highest BCUT2D eigenvalue weighted by molar-refractivity contribution is 9.10. The maximum absolute atomic E-state index is 13.4. The molecule has 0 saturated carbocycles. The summed E-state index contributed by atoms with van der Waals surface area (Å²) < 4.78 is 0.938. The number of nitrogens with one attached hydrogen (secondary N) is 1. The van der Waals surface area contributed by atoms with Crippen LogP contribution in [0.15, 0.2) is 92.8 Å². The molecule has 1 aliphatic rings. The molecule has 0 bridgehead atoms. The quantitative estimate of drug-likeness (QED) is 0.409. The maximum atomic E-state index is 13.4. The van der Waals surface area contributed by atoms with Gasteiger partial charge >= 0.3 is 0 Å². The van der Waals surface area contributed by atoms with Gasteiger partial charge in [-0.2, -0.15) is 0 Å². The second-order valence-electron chi connectivity index (χ2n) is 7.22. The molecule has 0 saturated heterocycles. The number of imide groups is 1. The summed E-state index contributed by atoms with van der Waals surface area (Å²) in [4.78, 5) is 29.3. The molecule has 0 aromatic heterocycles. The lowest BCUT2D eigenvalue weighted by atomic mass is 10.1. The Balaban J connectivity index is 1.71. The third-order valence-electron chi connectivity index (χ3n) is 5.00. The van der Waals surface area contributed by atoms with Crippen LogP contribution in [0.2, 0.25) is 0 Å². The first kappa shape index (κ1) is 21.4. The number of amides is 2. The van der Waals surface area contributed by atoms with Crippen molar-refractivity contribution in [3.63, 3.8) is 0 Å². The Morgan fingerprint density at radius 3 is 2.13 bits per heavy atom. The van der Waals surface area contributed by atoms with Crippen LogP contribution in [0.5, 0.6) is 0 Å². The Morgan fingerprint density at radius 2 is 1.52 bits per heavy atom. The van der Waals surface area contributed by atoms with Crippen molar-refractivity contribution >= 4 is 50.9 Å². The van der Waals surface area contributed by atoms with Crippen molar-refractivity contribution in [3.05, 3.63) is 99.0 Å². The second-order valence-corrected chi connectivity index (χ2v) is 9.22. The molecule has 1 aliphatic heterocycles. The van der Waals surface area contributed by atoms with Gasteiger partial charge in [0.2, 0.25) is 0 Å². The van der Waals surface area contributed by atoms with Crippen molar-refractivity contribution in [2.24, 2.45) is 0 Å². The fraction of sp³-hybridized carbons (Fsp3) is 0.120. The summed E-state index contributed by atoms with van der Waals surface area (Å²) in [5, 5.41) is 3.18. The van der Waals surface area contributed by atoms with Gasteiger partial charge in [0, 0.05) is 15.1 Å². The third kappa shape index (κ3) is 4.60. The lowest BCUT2D eigenvalue weighted by Gasteiger charge is -2.15. The van der Waals surface area contributed by atoms with E-state index in [0.717, 1.165) is 32.6 Å². The van der Waals surface area contributed by atoms with Gasteiger partial charge in [-0.05, 0) is 67.4 Å². The molecule has 31 heavy (non-hydrogen) atoms. The predicted octanol–water partition coefficient (Wildman–Crippen LogP) is 6.31. The molecule has 4 rings (SSSR count). The fourth-order valence-electron chi connectivity index (χ4n) is 3.23. The summed E-state index contributed by atoms with van der Waals surface area (Å²) in [5.41, 5.74) is 3.89. The molecule has 156 valence electrons. The monoisotopic (exact) mass is 492 g/mol. The standard InChI is InChI=1S/C25H21BrN2O2S/c1-3-17-6-12-20(13-7-17)28-24(29)22(27-19-10-8-18(26)9-11-19)23(25(28)30)31-21-14-4-16(2)5-15-21/h4-15,27H,3H2,1-2H3. The fourth-order valence-corrected chi connectivity index (χ4v) is 4.42. The minimum absolute atomic E-state index is 0.289. The van der Waals surface area contributed by atoms with E-state index in [4.69, 9.17) is 0 Å². The van der Waals surface area contributed by atoms with E-state index >= 15 is 0 Å². The number of carbonyl (C=O) groups excluding carboxylic acids is 2. The maximum Gasteiger partial charge on any atom is 0.283 e. The van der Waals surface area contributed by atoms with Gasteiger partial charge in [0.1, 0.15) is 10.6 Å². The van der Waals surface area contributed by atoms with Crippen molar-refractivity contribution < 1.29 is 9.59 Å². The second kappa shape index (κ2) is 9.12. The Bertz CT molecular complexity index is 1080. The van der Waals surface area contributed by atoms with Crippen LogP contribution < -0.4 is 10.2 Å². The lowest BCUT2D eigenvalue weighted by molar-refractivity contribution is -0.120. The predicted molar refractivity (Wildman–Crippen MR) is 130 cm³/mol. The molecule has 0 atom stereocenters. The van der Waals surface area contributed by atoms with Crippen molar-refractivity contribution in [1.29, 1.82) is 0 Å². The first-order valence-corrected chi connectivity index (χ1v) is 11.6. The number of benzene rings is 3. The lowest BCUT2D eigenvalue weighted by Crippen LogP contribution is -2.32. The molecule has 1 heterocycles. The van der Waals surface area contributed by atoms with Gasteiger partial charge < -0.3 is 5.32 Å². The highest BCUT2D eigenvalue weighted by atomic mass is 79.9. The summed E-state index contributed by atoms with van der Waals surface area (Å²) >= 11 is 4.72. The van der Waals surface area contributed by atoms with Crippen molar-refractivity contribution in [3.8, 4) is 0 Å². The van der Waals surface area contributed by atoms with Crippen LogP contribution in [0, 0.1) is 6.92 Å². The van der Waals surface area contributed by atoms with Crippen LogP contribution in [0.3, 0.4) is 0 Å². The van der Waals surface area contributed by atoms with E-state index in [-0.39, 0.29) is 17.5 Å². The molecule has 6 heteroatoms. The SMILES string of the molecule is CCc1ccc(N2C(=O)C(Nc3ccc(Br)cc3)=C(Sc3ccc(C)cc3)C2=O)cc1. The van der Waals surface area contributed by atoms with Gasteiger partial charge in [-0.1, -0.05) is 64.4 Å². The summed E-state index contributed by atoms with van der Waals surface area (Å²) in [5.74, 6) is -0.675. The first-order chi connectivity index (χ1) is 15.0. The van der Waals surface area contributed by atoms with Crippen LogP contribution in [-0.4, -0.2) is 11.8 Å². The number of nitrogens with zero attached hydrogens (tertiary/aromatic N) is 1. The minimum atomic E-state index is -0.355. The number of thioether (sulfide) groups is 1. The normalized spacial score (nSPS) is 13.8. The number of hydrogen-bond acceptors (Lipinski definition) is 4. The van der Waals surface area contributed by atoms with E-state index in [1.165, 1.54) is 16.7 Å². The number of aryl methyl sites for hydroxylation is 2. The van der Waals surface area contributed by atoms with E-state index in [1.807, 2.05) is 79.7 Å². The molecule has 0 fully saturated rings. The Labute approximate surface area is 194 Å². The van der Waals surface area contributed by atoms with E-state index in [9.17, 15) is 9.59 Å².